The Morgan fingerprint density at radius 3 is 2.31 bits per heavy atom. The molecule has 0 aliphatic carbocycles. The van der Waals surface area contributed by atoms with Crippen molar-refractivity contribution in [2.75, 3.05) is 6.61 Å². The number of rotatable bonds is 8. The van der Waals surface area contributed by atoms with Gasteiger partial charge in [0.15, 0.2) is 11.2 Å². The van der Waals surface area contributed by atoms with E-state index in [1.807, 2.05) is 43.3 Å². The predicted molar refractivity (Wildman–Crippen MR) is 116 cm³/mol. The van der Waals surface area contributed by atoms with E-state index in [4.69, 9.17) is 4.74 Å². The van der Waals surface area contributed by atoms with Crippen molar-refractivity contribution in [3.8, 4) is 5.75 Å². The Morgan fingerprint density at radius 1 is 1.00 bits per heavy atom. The van der Waals surface area contributed by atoms with E-state index in [0.29, 0.717) is 30.1 Å². The van der Waals surface area contributed by atoms with Crippen molar-refractivity contribution < 1.29 is 4.74 Å². The zero-order valence-corrected chi connectivity index (χ0v) is 17.5. The molecule has 2 heterocycles. The van der Waals surface area contributed by atoms with Crippen LogP contribution in [0, 0.1) is 0 Å². The fraction of sp³-hybridized carbons (Fsp3) is 0.409. The monoisotopic (exact) mass is 396 g/mol. The molecule has 0 unspecified atom stereocenters. The summed E-state index contributed by atoms with van der Waals surface area (Å²) in [7, 11) is 1.80. The summed E-state index contributed by atoms with van der Waals surface area (Å²) in [6.07, 6.45) is 5.93. The molecule has 0 aliphatic rings. The van der Waals surface area contributed by atoms with Crippen LogP contribution in [0.3, 0.4) is 0 Å². The van der Waals surface area contributed by atoms with Gasteiger partial charge in [-0.1, -0.05) is 31.6 Å². The molecule has 7 nitrogen and oxygen atoms in total. The van der Waals surface area contributed by atoms with Crippen LogP contribution in [0.15, 0.2) is 33.9 Å². The van der Waals surface area contributed by atoms with Gasteiger partial charge in [0, 0.05) is 20.1 Å². The minimum atomic E-state index is -0.320. The summed E-state index contributed by atoms with van der Waals surface area (Å²) in [5, 5.41) is 0. The highest BCUT2D eigenvalue weighted by Gasteiger charge is 2.17. The van der Waals surface area contributed by atoms with Crippen molar-refractivity contribution >= 4 is 23.3 Å². The van der Waals surface area contributed by atoms with Gasteiger partial charge in [-0.25, -0.2) is 9.78 Å². The highest BCUT2D eigenvalue weighted by molar-refractivity contribution is 5.76. The molecule has 1 aromatic carbocycles. The molecular weight excluding hydrogens is 368 g/mol. The smallest absolute Gasteiger partial charge is 0.332 e. The third kappa shape index (κ3) is 4.04. The molecule has 0 aliphatic heterocycles. The maximum absolute atomic E-state index is 12.8. The zero-order chi connectivity index (χ0) is 21.0. The number of unbranched alkanes of at least 4 members (excludes halogenated alkanes) is 1. The second-order valence-electron chi connectivity index (χ2n) is 6.88. The molecule has 0 amide bonds. The number of fused-ring (bicyclic) bond motifs is 1. The third-order valence-electron chi connectivity index (χ3n) is 4.98. The first-order valence-electron chi connectivity index (χ1n) is 10.1. The summed E-state index contributed by atoms with van der Waals surface area (Å²) in [4.78, 5) is 29.9. The van der Waals surface area contributed by atoms with E-state index >= 15 is 0 Å². The molecule has 7 heteroatoms. The number of aromatic nitrogens is 4. The fourth-order valence-electron chi connectivity index (χ4n) is 3.27. The molecule has 0 radical (unpaired) electrons. The first kappa shape index (κ1) is 20.6. The van der Waals surface area contributed by atoms with Crippen molar-refractivity contribution in [1.82, 2.24) is 18.7 Å². The van der Waals surface area contributed by atoms with Gasteiger partial charge in [-0.15, -0.1) is 0 Å². The van der Waals surface area contributed by atoms with Crippen LogP contribution in [0.2, 0.25) is 0 Å². The van der Waals surface area contributed by atoms with Crippen LogP contribution >= 0.6 is 0 Å². The van der Waals surface area contributed by atoms with Crippen molar-refractivity contribution in [3.63, 3.8) is 0 Å². The second kappa shape index (κ2) is 8.94. The van der Waals surface area contributed by atoms with Crippen LogP contribution < -0.4 is 16.0 Å². The lowest BCUT2D eigenvalue weighted by molar-refractivity contribution is 0.309. The summed E-state index contributed by atoms with van der Waals surface area (Å²) in [6.45, 7) is 7.31. The van der Waals surface area contributed by atoms with Crippen LogP contribution in [0.5, 0.6) is 5.75 Å². The lowest BCUT2D eigenvalue weighted by Gasteiger charge is -2.08. The number of benzene rings is 1. The maximum atomic E-state index is 12.8. The van der Waals surface area contributed by atoms with Crippen LogP contribution in [0.4, 0.5) is 0 Å². The van der Waals surface area contributed by atoms with Crippen LogP contribution in [-0.4, -0.2) is 25.3 Å². The minimum Gasteiger partial charge on any atom is -0.494 e. The Kier molecular flexibility index (Phi) is 6.36. The molecular formula is C22H28N4O3. The van der Waals surface area contributed by atoms with Gasteiger partial charge in [0.2, 0.25) is 0 Å². The number of aryl methyl sites for hydroxylation is 2. The molecule has 0 atom stereocenters. The quantitative estimate of drug-likeness (QED) is 0.548. The summed E-state index contributed by atoms with van der Waals surface area (Å²) in [6, 6.07) is 7.84. The zero-order valence-electron chi connectivity index (χ0n) is 17.5. The fourth-order valence-corrected chi connectivity index (χ4v) is 3.27. The molecule has 0 fully saturated rings. The average molecular weight is 396 g/mol. The van der Waals surface area contributed by atoms with Crippen LogP contribution in [-0.2, 0) is 20.1 Å². The van der Waals surface area contributed by atoms with E-state index in [1.165, 1.54) is 4.57 Å². The van der Waals surface area contributed by atoms with Gasteiger partial charge >= 0.3 is 5.69 Å². The number of imidazole rings is 1. The summed E-state index contributed by atoms with van der Waals surface area (Å²) in [5.41, 5.74) is 1.24. The molecule has 0 bridgehead atoms. The van der Waals surface area contributed by atoms with Gasteiger partial charge in [0.05, 0.1) is 6.61 Å². The first-order valence-corrected chi connectivity index (χ1v) is 10.1. The van der Waals surface area contributed by atoms with E-state index < -0.39 is 0 Å². The second-order valence-corrected chi connectivity index (χ2v) is 6.88. The molecule has 0 spiro atoms. The van der Waals surface area contributed by atoms with Gasteiger partial charge < -0.3 is 9.30 Å². The number of ether oxygens (including phenoxy) is 1. The minimum absolute atomic E-state index is 0.305. The molecule has 2 aromatic heterocycles. The molecule has 29 heavy (non-hydrogen) atoms. The van der Waals surface area contributed by atoms with Crippen LogP contribution in [0.1, 0.15) is 45.0 Å². The summed E-state index contributed by atoms with van der Waals surface area (Å²) >= 11 is 0. The first-order chi connectivity index (χ1) is 14.0. The van der Waals surface area contributed by atoms with Crippen molar-refractivity contribution in [2.45, 2.75) is 46.7 Å². The number of nitrogens with zero attached hydrogens (tertiary/aromatic N) is 4. The molecule has 0 saturated carbocycles. The van der Waals surface area contributed by atoms with Gasteiger partial charge in [0.25, 0.3) is 5.56 Å². The molecule has 3 rings (SSSR count). The lowest BCUT2D eigenvalue weighted by atomic mass is 10.2. The maximum Gasteiger partial charge on any atom is 0.332 e. The van der Waals surface area contributed by atoms with Gasteiger partial charge in [-0.2, -0.15) is 0 Å². The third-order valence-corrected chi connectivity index (χ3v) is 4.98. The highest BCUT2D eigenvalue weighted by Crippen LogP contribution is 2.16. The van der Waals surface area contributed by atoms with Gasteiger partial charge in [-0.3, -0.25) is 13.9 Å². The van der Waals surface area contributed by atoms with Crippen molar-refractivity contribution in [1.29, 1.82) is 0 Å². The predicted octanol–water partition coefficient (Wildman–Crippen LogP) is 3.29. The SMILES string of the molecule is CCCCOc1ccc(C=Cc2nc3c(c(=O)n(CC)c(=O)n3CC)n2C)cc1. The lowest BCUT2D eigenvalue weighted by Crippen LogP contribution is -2.39. The van der Waals surface area contributed by atoms with Crippen molar-refractivity contribution in [3.05, 3.63) is 56.5 Å². The highest BCUT2D eigenvalue weighted by atomic mass is 16.5. The molecule has 0 N–H and O–H groups in total. The molecule has 154 valence electrons. The Morgan fingerprint density at radius 2 is 1.69 bits per heavy atom. The molecule has 0 saturated heterocycles. The van der Waals surface area contributed by atoms with E-state index in [2.05, 4.69) is 11.9 Å². The molecule has 3 aromatic rings. The van der Waals surface area contributed by atoms with E-state index in [0.717, 1.165) is 30.8 Å². The van der Waals surface area contributed by atoms with Crippen molar-refractivity contribution in [2.24, 2.45) is 7.05 Å². The Hall–Kier alpha value is -3.09. The van der Waals surface area contributed by atoms with E-state index in [1.54, 1.807) is 23.1 Å². The van der Waals surface area contributed by atoms with E-state index in [9.17, 15) is 9.59 Å². The number of hydrogen-bond donors (Lipinski definition) is 0. The summed E-state index contributed by atoms with van der Waals surface area (Å²) < 4.78 is 10.2. The van der Waals surface area contributed by atoms with Gasteiger partial charge in [-0.05, 0) is 44.0 Å². The standard InChI is InChI=1S/C22H28N4O3/c1-5-8-15-29-17-12-9-16(10-13-17)11-14-18-23-20-19(24(18)4)21(27)26(7-3)22(28)25(20)6-2/h9-14H,5-8,15H2,1-4H3. The Labute approximate surface area is 169 Å². The summed E-state index contributed by atoms with van der Waals surface area (Å²) in [5.74, 6) is 1.47. The largest absolute Gasteiger partial charge is 0.494 e. The Balaban J connectivity index is 1.95. The normalized spacial score (nSPS) is 11.6. The number of hydrogen-bond acceptors (Lipinski definition) is 4. The van der Waals surface area contributed by atoms with Gasteiger partial charge in [0.1, 0.15) is 11.6 Å². The topological polar surface area (TPSA) is 71.1 Å². The van der Waals surface area contributed by atoms with E-state index in [-0.39, 0.29) is 11.2 Å². The Bertz CT molecular complexity index is 1130. The average Bonchev–Trinajstić information content (AvgIpc) is 3.04. The van der Waals surface area contributed by atoms with Crippen LogP contribution in [0.25, 0.3) is 23.3 Å².